The van der Waals surface area contributed by atoms with E-state index in [1.54, 1.807) is 13.3 Å². The van der Waals surface area contributed by atoms with Crippen molar-refractivity contribution < 1.29 is 31.1 Å². The third-order valence-electron chi connectivity index (χ3n) is 8.08. The van der Waals surface area contributed by atoms with Gasteiger partial charge in [-0.25, -0.2) is 0 Å². The van der Waals surface area contributed by atoms with Crippen LogP contribution in [0.15, 0.2) is 66.4 Å². The normalized spacial score (nSPS) is 24.7. The van der Waals surface area contributed by atoms with Crippen molar-refractivity contribution >= 4 is 28.2 Å². The van der Waals surface area contributed by atoms with Gasteiger partial charge in [-0.1, -0.05) is 12.2 Å². The SMILES string of the molecule is C=CC1CN2CCC1CC2C(NC(=S)NC(C)C=C(C=C(C)C(F)(F)F)C(F)(F)F)c1ccnc2ccc(OC)cc12. The summed E-state index contributed by atoms with van der Waals surface area (Å²) in [6.07, 6.45) is -3.45. The molecule has 1 aromatic heterocycles. The summed E-state index contributed by atoms with van der Waals surface area (Å²) in [6, 6.07) is 6.09. The summed E-state index contributed by atoms with van der Waals surface area (Å²) < 4.78 is 85.2. The molecule has 5 nitrogen and oxygen atoms in total. The lowest BCUT2D eigenvalue weighted by atomic mass is 9.73. The Bertz CT molecular complexity index is 1370. The number of nitrogens with one attached hydrogen (secondary N) is 2. The fraction of sp³-hybridized carbons (Fsp3) is 0.467. The Morgan fingerprint density at radius 2 is 1.90 bits per heavy atom. The van der Waals surface area contributed by atoms with Crippen LogP contribution in [0.1, 0.15) is 38.3 Å². The molecule has 2 bridgehead atoms. The molecule has 2 aromatic rings. The zero-order valence-electron chi connectivity index (χ0n) is 23.5. The number of nitrogens with zero attached hydrogens (tertiary/aromatic N) is 2. The van der Waals surface area contributed by atoms with Gasteiger partial charge in [0.25, 0.3) is 0 Å². The van der Waals surface area contributed by atoms with Crippen LogP contribution >= 0.6 is 12.2 Å². The Labute approximate surface area is 246 Å². The zero-order valence-corrected chi connectivity index (χ0v) is 24.3. The summed E-state index contributed by atoms with van der Waals surface area (Å²) in [5, 5.41) is 7.09. The Hall–Kier alpha value is -3.12. The number of pyridine rings is 1. The van der Waals surface area contributed by atoms with Gasteiger partial charge in [-0.05, 0) is 93.2 Å². The molecule has 3 fully saturated rings. The predicted octanol–water partition coefficient (Wildman–Crippen LogP) is 7.03. The quantitative estimate of drug-likeness (QED) is 0.145. The Morgan fingerprint density at radius 3 is 2.50 bits per heavy atom. The summed E-state index contributed by atoms with van der Waals surface area (Å²) in [4.78, 5) is 6.87. The van der Waals surface area contributed by atoms with E-state index < -0.39 is 29.5 Å². The number of fused-ring (bicyclic) bond motifs is 4. The third kappa shape index (κ3) is 7.26. The largest absolute Gasteiger partial charge is 0.497 e. The minimum atomic E-state index is -4.98. The number of piperidine rings is 3. The molecule has 6 atom stereocenters. The molecule has 228 valence electrons. The second-order valence-corrected chi connectivity index (χ2v) is 11.3. The van der Waals surface area contributed by atoms with Crippen LogP contribution in [0, 0.1) is 11.8 Å². The minimum Gasteiger partial charge on any atom is -0.497 e. The number of aromatic nitrogens is 1. The highest BCUT2D eigenvalue weighted by atomic mass is 32.1. The Kier molecular flexibility index (Phi) is 9.56. The number of allylic oxidation sites excluding steroid dienone is 3. The van der Waals surface area contributed by atoms with Crippen molar-refractivity contribution in [2.75, 3.05) is 20.2 Å². The summed E-state index contributed by atoms with van der Waals surface area (Å²) >= 11 is 5.57. The standard InChI is InChI=1S/C30H34F6N4OS/c1-5-19-16-40-11-9-20(19)14-26(40)27(23-8-10-37-25-7-6-22(41-4)15-24(23)25)39-28(42)38-18(3)13-21(30(34,35)36)12-17(2)29(31,32)33/h5-8,10,12-13,15,18-20,26-27H,1,9,11,14,16H2,2-4H3,(H2,38,39,42). The van der Waals surface area contributed by atoms with Crippen LogP contribution in [0.25, 0.3) is 10.9 Å². The molecule has 3 aliphatic rings. The molecule has 12 heteroatoms. The highest BCUT2D eigenvalue weighted by Gasteiger charge is 2.43. The van der Waals surface area contributed by atoms with E-state index in [1.807, 2.05) is 30.3 Å². The van der Waals surface area contributed by atoms with Gasteiger partial charge in [0.15, 0.2) is 5.11 Å². The monoisotopic (exact) mass is 612 g/mol. The molecule has 0 aliphatic carbocycles. The first-order chi connectivity index (χ1) is 19.7. The minimum absolute atomic E-state index is 0.0189. The van der Waals surface area contributed by atoms with Gasteiger partial charge in [-0.3, -0.25) is 9.88 Å². The molecule has 0 amide bonds. The smallest absolute Gasteiger partial charge is 0.416 e. The van der Waals surface area contributed by atoms with E-state index in [2.05, 4.69) is 27.1 Å². The Morgan fingerprint density at radius 1 is 1.17 bits per heavy atom. The number of hydrogen-bond donors (Lipinski definition) is 2. The van der Waals surface area contributed by atoms with E-state index in [1.165, 1.54) is 6.92 Å². The van der Waals surface area contributed by atoms with Crippen molar-refractivity contribution in [1.29, 1.82) is 0 Å². The summed E-state index contributed by atoms with van der Waals surface area (Å²) in [7, 11) is 1.57. The molecule has 0 radical (unpaired) electrons. The number of benzene rings is 1. The Balaban J connectivity index is 1.65. The number of methoxy groups -OCH3 is 1. The maximum absolute atomic E-state index is 13.6. The second kappa shape index (κ2) is 12.6. The topological polar surface area (TPSA) is 49.4 Å². The average molecular weight is 613 g/mol. The first-order valence-corrected chi connectivity index (χ1v) is 14.0. The van der Waals surface area contributed by atoms with Crippen LogP contribution in [0.5, 0.6) is 5.75 Å². The molecule has 6 unspecified atom stereocenters. The molecular formula is C30H34F6N4OS. The van der Waals surface area contributed by atoms with E-state index in [4.69, 9.17) is 17.0 Å². The fourth-order valence-electron chi connectivity index (χ4n) is 5.89. The lowest BCUT2D eigenvalue weighted by Gasteiger charge is -2.52. The van der Waals surface area contributed by atoms with Gasteiger partial charge >= 0.3 is 12.4 Å². The highest BCUT2D eigenvalue weighted by molar-refractivity contribution is 7.80. The van der Waals surface area contributed by atoms with E-state index in [0.29, 0.717) is 30.6 Å². The molecular weight excluding hydrogens is 578 g/mol. The van der Waals surface area contributed by atoms with Crippen LogP contribution in [-0.4, -0.2) is 59.6 Å². The maximum Gasteiger partial charge on any atom is 0.416 e. The molecule has 42 heavy (non-hydrogen) atoms. The predicted molar refractivity (Wildman–Crippen MR) is 155 cm³/mol. The van der Waals surface area contributed by atoms with Crippen LogP contribution in [-0.2, 0) is 0 Å². The lowest BCUT2D eigenvalue weighted by Crippen LogP contribution is -2.58. The first kappa shape index (κ1) is 31.8. The average Bonchev–Trinajstić information content (AvgIpc) is 2.94. The number of thiocarbonyl (C=S) groups is 1. The number of halogens is 6. The van der Waals surface area contributed by atoms with Crippen LogP contribution in [0.4, 0.5) is 26.3 Å². The number of ether oxygens (including phenoxy) is 1. The van der Waals surface area contributed by atoms with Crippen molar-refractivity contribution in [3.05, 3.63) is 72.0 Å². The van der Waals surface area contributed by atoms with Crippen molar-refractivity contribution in [1.82, 2.24) is 20.5 Å². The van der Waals surface area contributed by atoms with Crippen molar-refractivity contribution in [3.63, 3.8) is 0 Å². The molecule has 2 N–H and O–H groups in total. The van der Waals surface area contributed by atoms with E-state index in [9.17, 15) is 26.3 Å². The van der Waals surface area contributed by atoms with Gasteiger partial charge in [0.05, 0.1) is 24.2 Å². The maximum atomic E-state index is 13.6. The van der Waals surface area contributed by atoms with Crippen molar-refractivity contribution in [2.24, 2.45) is 11.8 Å². The third-order valence-corrected chi connectivity index (χ3v) is 8.31. The van der Waals surface area contributed by atoms with Crippen LogP contribution < -0.4 is 15.4 Å². The molecule has 3 aliphatic heterocycles. The van der Waals surface area contributed by atoms with Gasteiger partial charge < -0.3 is 15.4 Å². The second-order valence-electron chi connectivity index (χ2n) is 10.9. The highest BCUT2D eigenvalue weighted by Crippen LogP contribution is 2.42. The summed E-state index contributed by atoms with van der Waals surface area (Å²) in [5.41, 5.74) is -1.11. The van der Waals surface area contributed by atoms with E-state index >= 15 is 0 Å². The molecule has 4 heterocycles. The van der Waals surface area contributed by atoms with Crippen LogP contribution in [0.2, 0.25) is 0 Å². The molecule has 1 aromatic carbocycles. The van der Waals surface area contributed by atoms with Gasteiger partial charge in [0.2, 0.25) is 0 Å². The lowest BCUT2D eigenvalue weighted by molar-refractivity contribution is -0.0955. The van der Waals surface area contributed by atoms with E-state index in [-0.39, 0.29) is 23.3 Å². The van der Waals surface area contributed by atoms with Gasteiger partial charge in [-0.15, -0.1) is 6.58 Å². The molecule has 0 saturated carbocycles. The number of hydrogen-bond acceptors (Lipinski definition) is 4. The van der Waals surface area contributed by atoms with Gasteiger partial charge in [0, 0.05) is 35.8 Å². The molecule has 5 rings (SSSR count). The van der Waals surface area contributed by atoms with E-state index in [0.717, 1.165) is 42.4 Å². The summed E-state index contributed by atoms with van der Waals surface area (Å²) in [5.74, 6) is 1.45. The van der Waals surface area contributed by atoms with Crippen molar-refractivity contribution in [2.45, 2.75) is 57.2 Å². The van der Waals surface area contributed by atoms with Crippen molar-refractivity contribution in [3.8, 4) is 5.75 Å². The number of rotatable bonds is 8. The van der Waals surface area contributed by atoms with Gasteiger partial charge in [0.1, 0.15) is 5.75 Å². The van der Waals surface area contributed by atoms with Crippen LogP contribution in [0.3, 0.4) is 0 Å². The first-order valence-electron chi connectivity index (χ1n) is 13.6. The number of alkyl halides is 6. The zero-order chi connectivity index (χ0) is 30.8. The molecule has 3 saturated heterocycles. The summed E-state index contributed by atoms with van der Waals surface area (Å²) in [6.45, 7) is 7.73. The molecule has 0 spiro atoms. The van der Waals surface area contributed by atoms with Gasteiger partial charge in [-0.2, -0.15) is 26.3 Å². The fourth-order valence-corrected chi connectivity index (χ4v) is 6.20.